The van der Waals surface area contributed by atoms with E-state index < -0.39 is 11.8 Å². The number of rotatable bonds is 9. The molecule has 3 aromatic rings. The average Bonchev–Trinajstić information content (AvgIpc) is 2.85. The molecule has 2 N–H and O–H groups in total. The summed E-state index contributed by atoms with van der Waals surface area (Å²) in [5, 5.41) is 15.8. The van der Waals surface area contributed by atoms with Crippen molar-refractivity contribution in [1.82, 2.24) is 0 Å². The van der Waals surface area contributed by atoms with Gasteiger partial charge in [0.1, 0.15) is 11.6 Å². The number of para-hydroxylation sites is 1. The van der Waals surface area contributed by atoms with Crippen LogP contribution in [0.15, 0.2) is 66.2 Å². The van der Waals surface area contributed by atoms with Crippen LogP contribution in [-0.4, -0.2) is 25.0 Å². The summed E-state index contributed by atoms with van der Waals surface area (Å²) in [4.78, 5) is 24.9. The van der Waals surface area contributed by atoms with Crippen molar-refractivity contribution in [2.45, 2.75) is 6.92 Å². The normalized spacial score (nSPS) is 10.8. The van der Waals surface area contributed by atoms with Crippen molar-refractivity contribution in [3.63, 3.8) is 0 Å². The van der Waals surface area contributed by atoms with Crippen molar-refractivity contribution in [3.8, 4) is 17.6 Å². The molecule has 10 heteroatoms. The second kappa shape index (κ2) is 12.8. The summed E-state index contributed by atoms with van der Waals surface area (Å²) >= 11 is 18.3. The summed E-state index contributed by atoms with van der Waals surface area (Å²) in [6.45, 7) is 1.72. The highest BCUT2D eigenvalue weighted by molar-refractivity contribution is 6.34. The lowest BCUT2D eigenvalue weighted by Gasteiger charge is -2.15. The van der Waals surface area contributed by atoms with Gasteiger partial charge in [0.05, 0.1) is 22.3 Å². The Hall–Kier alpha value is -3.70. The quantitative estimate of drug-likeness (QED) is 0.233. The summed E-state index contributed by atoms with van der Waals surface area (Å²) in [6, 6.07) is 18.2. The lowest BCUT2D eigenvalue weighted by atomic mass is 10.1. The molecule has 0 unspecified atom stereocenters. The van der Waals surface area contributed by atoms with Crippen molar-refractivity contribution < 1.29 is 19.1 Å². The number of nitriles is 1. The van der Waals surface area contributed by atoms with Gasteiger partial charge in [-0.05, 0) is 67.1 Å². The zero-order valence-corrected chi connectivity index (χ0v) is 21.2. The molecule has 2 amide bonds. The first-order valence-electron chi connectivity index (χ1n) is 10.6. The summed E-state index contributed by atoms with van der Waals surface area (Å²) in [6.07, 6.45) is 1.36. The lowest BCUT2D eigenvalue weighted by molar-refractivity contribution is -0.118. The average molecular weight is 545 g/mol. The zero-order chi connectivity index (χ0) is 26.1. The van der Waals surface area contributed by atoms with Gasteiger partial charge in [-0.25, -0.2) is 0 Å². The van der Waals surface area contributed by atoms with Crippen LogP contribution in [-0.2, 0) is 9.59 Å². The molecule has 0 bridgehead atoms. The van der Waals surface area contributed by atoms with Gasteiger partial charge in [-0.3, -0.25) is 9.59 Å². The Morgan fingerprint density at radius 1 is 0.972 bits per heavy atom. The third-order valence-electron chi connectivity index (χ3n) is 4.61. The van der Waals surface area contributed by atoms with Crippen molar-refractivity contribution in [2.75, 3.05) is 23.8 Å². The molecule has 0 fully saturated rings. The summed E-state index contributed by atoms with van der Waals surface area (Å²) in [5.74, 6) is -0.651. The molecule has 0 atom stereocenters. The number of hydrogen-bond donors (Lipinski definition) is 2. The molecule has 0 aromatic heterocycles. The van der Waals surface area contributed by atoms with Crippen LogP contribution >= 0.6 is 34.8 Å². The lowest BCUT2D eigenvalue weighted by Crippen LogP contribution is -2.20. The first-order valence-corrected chi connectivity index (χ1v) is 11.8. The minimum absolute atomic E-state index is 0.135. The highest BCUT2D eigenvalue weighted by Gasteiger charge is 2.16. The van der Waals surface area contributed by atoms with Gasteiger partial charge in [0.2, 0.25) is 0 Å². The van der Waals surface area contributed by atoms with E-state index in [1.165, 1.54) is 12.1 Å². The fourth-order valence-electron chi connectivity index (χ4n) is 3.01. The highest BCUT2D eigenvalue weighted by Crippen LogP contribution is 2.37. The van der Waals surface area contributed by atoms with Crippen molar-refractivity contribution in [1.29, 1.82) is 5.26 Å². The van der Waals surface area contributed by atoms with Gasteiger partial charge < -0.3 is 20.1 Å². The van der Waals surface area contributed by atoms with E-state index in [0.717, 1.165) is 0 Å². The Morgan fingerprint density at radius 2 is 1.69 bits per heavy atom. The standard InChI is InChI=1S/C26H20Cl3N3O4/c1-2-35-23-13-16(11-17(14-30)26(34)32-22-6-4-3-5-20(22)28)12-21(29)25(23)36-15-24(33)31-19-9-7-18(27)8-10-19/h3-13H,2,15H2,1H3,(H,31,33)(H,32,34)/b17-11+. The fraction of sp³-hybridized carbons (Fsp3) is 0.115. The van der Waals surface area contributed by atoms with Crippen LogP contribution in [0.4, 0.5) is 11.4 Å². The summed E-state index contributed by atoms with van der Waals surface area (Å²) in [5.41, 5.74) is 1.18. The minimum atomic E-state index is -0.640. The first-order chi connectivity index (χ1) is 17.3. The van der Waals surface area contributed by atoms with Gasteiger partial charge in [0.15, 0.2) is 18.1 Å². The predicted molar refractivity (Wildman–Crippen MR) is 142 cm³/mol. The zero-order valence-electron chi connectivity index (χ0n) is 19.0. The van der Waals surface area contributed by atoms with E-state index in [1.54, 1.807) is 61.5 Å². The number of carbonyl (C=O) groups excluding carboxylic acids is 2. The Morgan fingerprint density at radius 3 is 2.36 bits per heavy atom. The molecule has 0 saturated carbocycles. The van der Waals surface area contributed by atoms with Gasteiger partial charge >= 0.3 is 0 Å². The monoisotopic (exact) mass is 543 g/mol. The number of carbonyl (C=O) groups is 2. The second-order valence-corrected chi connectivity index (χ2v) is 8.46. The van der Waals surface area contributed by atoms with Gasteiger partial charge in [0.25, 0.3) is 11.8 Å². The molecule has 0 aliphatic heterocycles. The van der Waals surface area contributed by atoms with E-state index in [-0.39, 0.29) is 35.3 Å². The van der Waals surface area contributed by atoms with Gasteiger partial charge in [-0.1, -0.05) is 46.9 Å². The molecule has 0 saturated heterocycles. The van der Waals surface area contributed by atoms with Crippen LogP contribution in [0.3, 0.4) is 0 Å². The number of nitrogens with zero attached hydrogens (tertiary/aromatic N) is 1. The molecule has 36 heavy (non-hydrogen) atoms. The van der Waals surface area contributed by atoms with E-state index >= 15 is 0 Å². The molecular weight excluding hydrogens is 525 g/mol. The molecule has 0 radical (unpaired) electrons. The Balaban J connectivity index is 1.77. The van der Waals surface area contributed by atoms with Crippen LogP contribution in [0, 0.1) is 11.3 Å². The van der Waals surface area contributed by atoms with Gasteiger partial charge in [0, 0.05) is 10.7 Å². The van der Waals surface area contributed by atoms with Crippen LogP contribution < -0.4 is 20.1 Å². The van der Waals surface area contributed by atoms with Crippen molar-refractivity contribution >= 4 is 64.1 Å². The third kappa shape index (κ3) is 7.40. The Labute approximate surface area is 223 Å². The van der Waals surface area contributed by atoms with E-state index in [9.17, 15) is 14.9 Å². The highest BCUT2D eigenvalue weighted by atomic mass is 35.5. The Kier molecular flexibility index (Phi) is 9.60. The number of amides is 2. The van der Waals surface area contributed by atoms with E-state index in [0.29, 0.717) is 27.0 Å². The molecule has 3 rings (SSSR count). The van der Waals surface area contributed by atoms with Gasteiger partial charge in [-0.15, -0.1) is 0 Å². The Bertz CT molecular complexity index is 1340. The third-order valence-corrected chi connectivity index (χ3v) is 5.47. The fourth-order valence-corrected chi connectivity index (χ4v) is 3.59. The maximum absolute atomic E-state index is 12.6. The maximum Gasteiger partial charge on any atom is 0.266 e. The first kappa shape index (κ1) is 26.9. The van der Waals surface area contributed by atoms with Gasteiger partial charge in [-0.2, -0.15) is 5.26 Å². The van der Waals surface area contributed by atoms with Crippen LogP contribution in [0.1, 0.15) is 12.5 Å². The van der Waals surface area contributed by atoms with E-state index in [2.05, 4.69) is 10.6 Å². The van der Waals surface area contributed by atoms with Crippen LogP contribution in [0.25, 0.3) is 6.08 Å². The summed E-state index contributed by atoms with van der Waals surface area (Å²) in [7, 11) is 0. The minimum Gasteiger partial charge on any atom is -0.490 e. The van der Waals surface area contributed by atoms with E-state index in [1.807, 2.05) is 6.07 Å². The number of ether oxygens (including phenoxy) is 2. The van der Waals surface area contributed by atoms with E-state index in [4.69, 9.17) is 44.3 Å². The maximum atomic E-state index is 12.6. The number of hydrogen-bond acceptors (Lipinski definition) is 5. The molecular formula is C26H20Cl3N3O4. The SMILES string of the molecule is CCOc1cc(/C=C(\C#N)C(=O)Nc2ccccc2Cl)cc(Cl)c1OCC(=O)Nc1ccc(Cl)cc1. The number of benzene rings is 3. The number of halogens is 3. The molecule has 0 aliphatic rings. The molecule has 0 spiro atoms. The van der Waals surface area contributed by atoms with Crippen LogP contribution in [0.5, 0.6) is 11.5 Å². The summed E-state index contributed by atoms with van der Waals surface area (Å²) < 4.78 is 11.3. The second-order valence-electron chi connectivity index (χ2n) is 7.21. The molecule has 3 aromatic carbocycles. The van der Waals surface area contributed by atoms with Crippen molar-refractivity contribution in [2.24, 2.45) is 0 Å². The smallest absolute Gasteiger partial charge is 0.266 e. The number of nitrogens with one attached hydrogen (secondary N) is 2. The predicted octanol–water partition coefficient (Wildman–Crippen LogP) is 6.61. The van der Waals surface area contributed by atoms with Crippen LogP contribution in [0.2, 0.25) is 15.1 Å². The number of anilines is 2. The molecule has 184 valence electrons. The molecule has 7 nitrogen and oxygen atoms in total. The van der Waals surface area contributed by atoms with Crippen molar-refractivity contribution in [3.05, 3.63) is 86.9 Å². The molecule has 0 heterocycles. The topological polar surface area (TPSA) is 100 Å². The largest absolute Gasteiger partial charge is 0.490 e. The molecule has 0 aliphatic carbocycles.